The van der Waals surface area contributed by atoms with Crippen molar-refractivity contribution >= 4 is 16.9 Å². The third-order valence-electron chi connectivity index (χ3n) is 6.28. The van der Waals surface area contributed by atoms with E-state index < -0.39 is 0 Å². The molecule has 0 saturated carbocycles. The molecule has 164 valence electrons. The van der Waals surface area contributed by atoms with E-state index in [0.29, 0.717) is 0 Å². The number of nitrogens with zero attached hydrogens (tertiary/aromatic N) is 5. The Bertz CT molecular complexity index is 1140. The first kappa shape index (κ1) is 20.7. The lowest BCUT2D eigenvalue weighted by Gasteiger charge is -2.34. The van der Waals surface area contributed by atoms with Crippen molar-refractivity contribution in [3.8, 4) is 5.69 Å². The highest BCUT2D eigenvalue weighted by Crippen LogP contribution is 2.18. The molecule has 0 atom stereocenters. The zero-order valence-electron chi connectivity index (χ0n) is 18.6. The molecule has 6 heteroatoms. The molecular weight excluding hydrogens is 396 g/mol. The second-order valence-corrected chi connectivity index (χ2v) is 8.32. The molecule has 4 aromatic rings. The predicted molar refractivity (Wildman–Crippen MR) is 130 cm³/mol. The number of nitrogens with one attached hydrogen (secondary N) is 1. The average Bonchev–Trinajstić information content (AvgIpc) is 3.29. The second-order valence-electron chi connectivity index (χ2n) is 8.32. The van der Waals surface area contributed by atoms with Gasteiger partial charge in [0.15, 0.2) is 0 Å². The van der Waals surface area contributed by atoms with E-state index in [9.17, 15) is 0 Å². The van der Waals surface area contributed by atoms with Crippen LogP contribution in [0.5, 0.6) is 0 Å². The van der Waals surface area contributed by atoms with Crippen LogP contribution < -0.4 is 10.2 Å². The van der Waals surface area contributed by atoms with Crippen LogP contribution in [0.25, 0.3) is 16.7 Å². The third-order valence-corrected chi connectivity index (χ3v) is 6.28. The number of pyridine rings is 1. The molecule has 6 nitrogen and oxygen atoms in total. The minimum absolute atomic E-state index is 0.810. The zero-order valence-corrected chi connectivity index (χ0v) is 18.6. The molecule has 0 radical (unpaired) electrons. The van der Waals surface area contributed by atoms with E-state index in [1.165, 1.54) is 11.1 Å². The summed E-state index contributed by atoms with van der Waals surface area (Å²) in [4.78, 5) is 14.1. The number of piperazine rings is 1. The van der Waals surface area contributed by atoms with Crippen molar-refractivity contribution in [3.63, 3.8) is 0 Å². The molecule has 5 rings (SSSR count). The number of likely N-dealkylation sites (N-methyl/N-ethyl adjacent to an activating group) is 1. The number of rotatable bonds is 7. The Morgan fingerprint density at radius 1 is 0.812 bits per heavy atom. The number of benzene rings is 2. The summed E-state index contributed by atoms with van der Waals surface area (Å²) >= 11 is 0. The summed E-state index contributed by atoms with van der Waals surface area (Å²) in [5, 5.41) is 3.53. The SMILES string of the molecule is CCN1CCN(c2ccc(CNCc3ccc(-n4cnc5ccccc54)cc3)cn2)CC1. The van der Waals surface area contributed by atoms with E-state index in [1.807, 2.05) is 30.7 Å². The molecule has 2 aromatic heterocycles. The van der Waals surface area contributed by atoms with Crippen LogP contribution in [-0.2, 0) is 13.1 Å². The Morgan fingerprint density at radius 2 is 1.56 bits per heavy atom. The minimum Gasteiger partial charge on any atom is -0.354 e. The zero-order chi connectivity index (χ0) is 21.8. The van der Waals surface area contributed by atoms with E-state index in [2.05, 4.69) is 74.1 Å². The topological polar surface area (TPSA) is 49.2 Å². The van der Waals surface area contributed by atoms with Crippen LogP contribution in [0.3, 0.4) is 0 Å². The first-order valence-electron chi connectivity index (χ1n) is 11.4. The number of hydrogen-bond donors (Lipinski definition) is 1. The van der Waals surface area contributed by atoms with Gasteiger partial charge in [0, 0.05) is 51.2 Å². The summed E-state index contributed by atoms with van der Waals surface area (Å²) in [6.07, 6.45) is 3.89. The van der Waals surface area contributed by atoms with Crippen LogP contribution in [0.4, 0.5) is 5.82 Å². The van der Waals surface area contributed by atoms with Crippen LogP contribution in [0.2, 0.25) is 0 Å². The van der Waals surface area contributed by atoms with E-state index in [-0.39, 0.29) is 0 Å². The van der Waals surface area contributed by atoms with Gasteiger partial charge in [0.1, 0.15) is 12.1 Å². The number of para-hydroxylation sites is 2. The predicted octanol–water partition coefficient (Wildman–Crippen LogP) is 3.85. The van der Waals surface area contributed by atoms with Gasteiger partial charge in [-0.1, -0.05) is 37.3 Å². The number of aromatic nitrogens is 3. The lowest BCUT2D eigenvalue weighted by Crippen LogP contribution is -2.46. The lowest BCUT2D eigenvalue weighted by molar-refractivity contribution is 0.270. The van der Waals surface area contributed by atoms with E-state index >= 15 is 0 Å². The van der Waals surface area contributed by atoms with Crippen molar-refractivity contribution in [1.29, 1.82) is 0 Å². The fourth-order valence-corrected chi connectivity index (χ4v) is 4.29. The highest BCUT2D eigenvalue weighted by atomic mass is 15.3. The number of imidazole rings is 1. The summed E-state index contributed by atoms with van der Waals surface area (Å²) < 4.78 is 2.13. The normalized spacial score (nSPS) is 14.8. The minimum atomic E-state index is 0.810. The Balaban J connectivity index is 1.14. The van der Waals surface area contributed by atoms with Gasteiger partial charge in [-0.3, -0.25) is 4.57 Å². The van der Waals surface area contributed by atoms with Crippen LogP contribution >= 0.6 is 0 Å². The molecule has 1 aliphatic rings. The average molecular weight is 427 g/mol. The smallest absolute Gasteiger partial charge is 0.128 e. The Kier molecular flexibility index (Phi) is 6.14. The molecule has 0 amide bonds. The molecule has 1 N–H and O–H groups in total. The summed E-state index contributed by atoms with van der Waals surface area (Å²) in [5.74, 6) is 1.09. The quantitative estimate of drug-likeness (QED) is 0.486. The third kappa shape index (κ3) is 4.52. The van der Waals surface area contributed by atoms with Gasteiger partial charge in [0.2, 0.25) is 0 Å². The highest BCUT2D eigenvalue weighted by molar-refractivity contribution is 5.77. The van der Waals surface area contributed by atoms with Crippen LogP contribution in [0.15, 0.2) is 73.2 Å². The molecule has 1 saturated heterocycles. The molecule has 0 bridgehead atoms. The van der Waals surface area contributed by atoms with E-state index in [0.717, 1.165) is 68.4 Å². The largest absolute Gasteiger partial charge is 0.354 e. The molecule has 1 aliphatic heterocycles. The van der Waals surface area contributed by atoms with Crippen molar-refractivity contribution < 1.29 is 0 Å². The lowest BCUT2D eigenvalue weighted by atomic mass is 10.2. The van der Waals surface area contributed by atoms with Crippen molar-refractivity contribution in [2.45, 2.75) is 20.0 Å². The fourth-order valence-electron chi connectivity index (χ4n) is 4.29. The highest BCUT2D eigenvalue weighted by Gasteiger charge is 2.16. The Morgan fingerprint density at radius 3 is 2.31 bits per heavy atom. The first-order chi connectivity index (χ1) is 15.8. The maximum Gasteiger partial charge on any atom is 0.128 e. The van der Waals surface area contributed by atoms with Gasteiger partial charge in [-0.25, -0.2) is 9.97 Å². The molecular formula is C26H30N6. The van der Waals surface area contributed by atoms with Gasteiger partial charge in [0.25, 0.3) is 0 Å². The molecule has 0 spiro atoms. The molecule has 0 aliphatic carbocycles. The molecule has 3 heterocycles. The first-order valence-corrected chi connectivity index (χ1v) is 11.4. The van der Waals surface area contributed by atoms with Crippen molar-refractivity contribution in [1.82, 2.24) is 24.8 Å². The van der Waals surface area contributed by atoms with Gasteiger partial charge in [-0.15, -0.1) is 0 Å². The second kappa shape index (κ2) is 9.51. The van der Waals surface area contributed by atoms with Gasteiger partial charge in [0.05, 0.1) is 11.0 Å². The molecule has 2 aromatic carbocycles. The van der Waals surface area contributed by atoms with Crippen LogP contribution in [0, 0.1) is 0 Å². The van der Waals surface area contributed by atoms with Crippen molar-refractivity contribution in [2.24, 2.45) is 0 Å². The number of anilines is 1. The molecule has 32 heavy (non-hydrogen) atoms. The standard InChI is InChI=1S/C26H30N6/c1-2-30-13-15-31(16-14-30)26-12-9-22(19-28-26)18-27-17-21-7-10-23(11-8-21)32-20-29-24-5-3-4-6-25(24)32/h3-12,19-20,27H,2,13-18H2,1H3. The van der Waals surface area contributed by atoms with E-state index in [1.54, 1.807) is 0 Å². The summed E-state index contributed by atoms with van der Waals surface area (Å²) in [6, 6.07) is 21.2. The van der Waals surface area contributed by atoms with Gasteiger partial charge in [-0.2, -0.15) is 0 Å². The van der Waals surface area contributed by atoms with Crippen LogP contribution in [0.1, 0.15) is 18.1 Å². The number of hydrogen-bond acceptors (Lipinski definition) is 5. The molecule has 1 fully saturated rings. The van der Waals surface area contributed by atoms with E-state index in [4.69, 9.17) is 4.98 Å². The summed E-state index contributed by atoms with van der Waals surface area (Å²) in [6.45, 7) is 9.36. The maximum atomic E-state index is 4.70. The van der Waals surface area contributed by atoms with Gasteiger partial charge >= 0.3 is 0 Å². The molecule has 0 unspecified atom stereocenters. The Hall–Kier alpha value is -3.22. The van der Waals surface area contributed by atoms with Gasteiger partial charge in [-0.05, 0) is 48.0 Å². The fraction of sp³-hybridized carbons (Fsp3) is 0.308. The van der Waals surface area contributed by atoms with Crippen molar-refractivity contribution in [2.75, 3.05) is 37.6 Å². The summed E-state index contributed by atoms with van der Waals surface area (Å²) in [5.41, 5.74) is 5.74. The van der Waals surface area contributed by atoms with Gasteiger partial charge < -0.3 is 15.1 Å². The Labute approximate surface area is 189 Å². The summed E-state index contributed by atoms with van der Waals surface area (Å²) in [7, 11) is 0. The van der Waals surface area contributed by atoms with Crippen LogP contribution in [-0.4, -0.2) is 52.2 Å². The van der Waals surface area contributed by atoms with Crippen molar-refractivity contribution in [3.05, 3.63) is 84.3 Å². The number of fused-ring (bicyclic) bond motifs is 1. The monoisotopic (exact) mass is 426 g/mol. The maximum absolute atomic E-state index is 4.70.